The van der Waals surface area contributed by atoms with Gasteiger partial charge in [0, 0.05) is 122 Å². The molecule has 8 aliphatic heterocycles. The normalized spacial score (nSPS) is 14.1. The highest BCUT2D eigenvalue weighted by Crippen LogP contribution is 2.49. The Kier molecular flexibility index (Phi) is 20.6. The first-order chi connectivity index (χ1) is 65.8. The summed E-state index contributed by atoms with van der Waals surface area (Å²) in [5, 5.41) is 0. The smallest absolute Gasteiger partial charge is 0.119 e. The van der Waals surface area contributed by atoms with Crippen molar-refractivity contribution < 1.29 is 18.9 Å². The molecule has 9 aromatic heterocycles. The average molecular weight is 1780 g/mol. The molecule has 0 aliphatic carbocycles. The van der Waals surface area contributed by atoms with Gasteiger partial charge in [0.05, 0.1) is 94.8 Å². The van der Waals surface area contributed by atoms with Crippen molar-refractivity contribution in [2.24, 2.45) is 0 Å². The quantitative estimate of drug-likeness (QED) is 0.0965. The minimum Gasteiger partial charge on any atom is -0.494 e. The van der Waals surface area contributed by atoms with E-state index in [0.717, 1.165) is 227 Å². The van der Waals surface area contributed by atoms with E-state index in [0.29, 0.717) is 72.1 Å². The van der Waals surface area contributed by atoms with Gasteiger partial charge in [0.15, 0.2) is 0 Å². The summed E-state index contributed by atoms with van der Waals surface area (Å²) in [6.45, 7) is 29.4. The fraction of sp³-hybridized carbons (Fsp3) is 0.200. The van der Waals surface area contributed by atoms with E-state index >= 15 is 0 Å². The van der Waals surface area contributed by atoms with Gasteiger partial charge >= 0.3 is 0 Å². The molecule has 16 heteroatoms. The number of nitrogens with zero attached hydrogens (tertiary/aromatic N) is 6. The zero-order valence-electron chi connectivity index (χ0n) is 78.7. The number of fused-ring (bicyclic) bond motifs is 38. The lowest BCUT2D eigenvalue weighted by Crippen LogP contribution is -2.16. The van der Waals surface area contributed by atoms with E-state index in [1.807, 2.05) is 24.3 Å². The molecule has 670 valence electrons. The van der Waals surface area contributed by atoms with Crippen molar-refractivity contribution in [3.05, 3.63) is 309 Å². The van der Waals surface area contributed by atoms with Crippen LogP contribution in [0.25, 0.3) is 228 Å². The van der Waals surface area contributed by atoms with Crippen molar-refractivity contribution in [3.8, 4) is 112 Å². The van der Waals surface area contributed by atoms with Crippen molar-refractivity contribution >= 4 is 139 Å². The molecular weight excluding hydrogens is 1670 g/mol. The summed E-state index contributed by atoms with van der Waals surface area (Å²) in [5.74, 6) is 2.93. The third kappa shape index (κ3) is 16.1. The van der Waals surface area contributed by atoms with Crippen LogP contribution >= 0.6 is 0 Å². The first kappa shape index (κ1) is 84.6. The number of ether oxygens (including phenoxy) is 4. The molecule has 0 amide bonds. The Balaban J connectivity index is 0.881. The van der Waals surface area contributed by atoms with Crippen LogP contribution in [0.5, 0.6) is 23.0 Å². The van der Waals surface area contributed by atoms with Gasteiger partial charge in [-0.3, -0.25) is 0 Å². The Morgan fingerprint density at radius 1 is 0.199 bits per heavy atom. The highest BCUT2D eigenvalue weighted by Gasteiger charge is 2.31. The molecule has 0 saturated heterocycles. The molecule has 0 saturated carbocycles. The molecule has 15 aromatic rings. The van der Waals surface area contributed by atoms with Gasteiger partial charge < -0.3 is 48.9 Å². The van der Waals surface area contributed by atoms with Crippen molar-refractivity contribution in [1.82, 2.24) is 59.8 Å². The lowest BCUT2D eigenvalue weighted by molar-refractivity contribution is 0.266. The number of aromatic amines is 6. The van der Waals surface area contributed by atoms with Crippen molar-refractivity contribution in [2.45, 2.75) is 130 Å². The van der Waals surface area contributed by atoms with Crippen LogP contribution in [-0.2, 0) is 21.7 Å². The molecule has 23 rings (SSSR count). The standard InChI is InChI=1S/C120H106N12O4/c1-117(2,3)75-57-73(58-76(65-75)118(4,5)6)111-89-35-31-81(123-89)67-79-29-33-87(121-79)107-69-21-17-25-83(61-69)133-53-13-15-55-135-85-27-19-23-71(63-85)109-93-39-47-101(127-93)113(115(99-45-37-91(107)125-99)105-51-43-97(111)131-105)103-49-41-95(129-103)110-72-24-20-28-86(64-72)136-56-16-14-54-134-84-26-18-22-70(62-84)108-88-34-30-80(122-88)68-82-32-36-90(124-82)112(74-59-77(119(7,8)9)66-78(60-74)120(10,11)12)98-44-52-106(132-98)116(100-46-38-92(108)126-100)114(102-48-40-94(110)128-102)104-50-42-96(109)130-104/h17-52,57-68,123-128H,13-16,53-56H2,1-12H3. The number of hydrogen-bond donors (Lipinski definition) is 6. The van der Waals surface area contributed by atoms with Crippen molar-refractivity contribution in [1.29, 1.82) is 0 Å². The molecule has 6 N–H and O–H groups in total. The Morgan fingerprint density at radius 2 is 0.412 bits per heavy atom. The molecule has 17 heterocycles. The molecule has 0 spiro atoms. The van der Waals surface area contributed by atoms with Gasteiger partial charge in [0.2, 0.25) is 0 Å². The Morgan fingerprint density at radius 3 is 0.669 bits per heavy atom. The van der Waals surface area contributed by atoms with Crippen molar-refractivity contribution in [2.75, 3.05) is 26.4 Å². The van der Waals surface area contributed by atoms with Gasteiger partial charge in [-0.05, 0) is 309 Å². The van der Waals surface area contributed by atoms with E-state index in [9.17, 15) is 0 Å². The summed E-state index contributed by atoms with van der Waals surface area (Å²) in [4.78, 5) is 59.8. The third-order valence-electron chi connectivity index (χ3n) is 27.0. The molecule has 0 unspecified atom stereocenters. The topological polar surface area (TPSA) is 209 Å². The second-order valence-electron chi connectivity index (χ2n) is 40.7. The van der Waals surface area contributed by atoms with E-state index in [2.05, 4.69) is 380 Å². The summed E-state index contributed by atoms with van der Waals surface area (Å²) >= 11 is 0. The Bertz CT molecular complexity index is 7750. The number of H-pyrrole nitrogens is 6. The van der Waals surface area contributed by atoms with Crippen LogP contribution in [0.3, 0.4) is 0 Å². The summed E-state index contributed by atoms with van der Waals surface area (Å²) in [6.07, 6.45) is 28.9. The summed E-state index contributed by atoms with van der Waals surface area (Å²) in [7, 11) is 0. The first-order valence-electron chi connectivity index (χ1n) is 47.5. The average Bonchev–Trinajstić information content (AvgIpc) is 1.57. The van der Waals surface area contributed by atoms with Crippen LogP contribution in [0.4, 0.5) is 0 Å². The summed E-state index contributed by atoms with van der Waals surface area (Å²) < 4.78 is 27.2. The van der Waals surface area contributed by atoms with Gasteiger partial charge in [-0.25, -0.2) is 29.9 Å². The van der Waals surface area contributed by atoms with Crippen LogP contribution in [0.15, 0.2) is 218 Å². The predicted octanol–water partition coefficient (Wildman–Crippen LogP) is 30.2. The van der Waals surface area contributed by atoms with E-state index < -0.39 is 0 Å². The molecule has 16 nitrogen and oxygen atoms in total. The lowest BCUT2D eigenvalue weighted by Gasteiger charge is -2.26. The maximum Gasteiger partial charge on any atom is 0.119 e. The minimum absolute atomic E-state index is 0.191. The predicted molar refractivity (Wildman–Crippen MR) is 562 cm³/mol. The fourth-order valence-electron chi connectivity index (χ4n) is 19.8. The molecule has 0 atom stereocenters. The second-order valence-corrected chi connectivity index (χ2v) is 40.7. The van der Waals surface area contributed by atoms with E-state index in [1.54, 1.807) is 0 Å². The molecule has 6 aromatic carbocycles. The Labute approximate surface area is 790 Å². The largest absolute Gasteiger partial charge is 0.494 e. The molecule has 0 fully saturated rings. The van der Waals surface area contributed by atoms with Gasteiger partial charge in [0.1, 0.15) is 23.0 Å². The highest BCUT2D eigenvalue weighted by atomic mass is 16.5. The number of rotatable bonds is 2. The Hall–Kier alpha value is -15.7. The van der Waals surface area contributed by atoms with Gasteiger partial charge in [-0.2, -0.15) is 0 Å². The van der Waals surface area contributed by atoms with Crippen LogP contribution in [0.1, 0.15) is 199 Å². The van der Waals surface area contributed by atoms with Crippen molar-refractivity contribution in [3.63, 3.8) is 0 Å². The lowest BCUT2D eigenvalue weighted by atomic mass is 9.78. The molecule has 40 bridgehead atoms. The van der Waals surface area contributed by atoms with Crippen LogP contribution in [-0.4, -0.2) is 86.2 Å². The second kappa shape index (κ2) is 33.2. The fourth-order valence-corrected chi connectivity index (χ4v) is 19.8. The number of nitrogens with one attached hydrogen (secondary N) is 6. The van der Waals surface area contributed by atoms with Gasteiger partial charge in [-0.1, -0.05) is 168 Å². The van der Waals surface area contributed by atoms with E-state index in [4.69, 9.17) is 48.9 Å². The minimum atomic E-state index is -0.191. The molecule has 8 aliphatic rings. The molecular formula is C120H106N12O4. The van der Waals surface area contributed by atoms with Gasteiger partial charge in [-0.15, -0.1) is 0 Å². The van der Waals surface area contributed by atoms with Crippen LogP contribution in [0.2, 0.25) is 0 Å². The zero-order chi connectivity index (χ0) is 92.6. The number of aromatic nitrogens is 12. The first-order valence-corrected chi connectivity index (χ1v) is 47.5. The van der Waals surface area contributed by atoms with Crippen LogP contribution < -0.4 is 18.9 Å². The summed E-state index contributed by atoms with van der Waals surface area (Å²) in [6, 6.07) is 78.4. The summed E-state index contributed by atoms with van der Waals surface area (Å²) in [5.41, 5.74) is 37.4. The van der Waals surface area contributed by atoms with Crippen LogP contribution in [0, 0.1) is 0 Å². The molecule has 136 heavy (non-hydrogen) atoms. The third-order valence-corrected chi connectivity index (χ3v) is 27.0. The number of hydrogen-bond acceptors (Lipinski definition) is 10. The van der Waals surface area contributed by atoms with Gasteiger partial charge in [0.25, 0.3) is 0 Å². The van der Waals surface area contributed by atoms with E-state index in [-0.39, 0.29) is 21.7 Å². The monoisotopic (exact) mass is 1780 g/mol. The zero-order valence-corrected chi connectivity index (χ0v) is 78.7. The number of benzene rings is 6. The molecule has 0 radical (unpaired) electrons. The SMILES string of the molecule is CC(C)(C)c1cc(-c2c3nc(c4c5ccc([nH]5)c(c5nc(cc6ccc2[nH]6)C=C5)-c2cccc(c2)OCCCCOc2cccc(c2)-c2c5nc(c6c7ccc([nH]7)c(c7nc(c-4c4ccc2[nH]4)C=C7)-c2cccc(c2)OCCCCOc2cccc(c2)-c2c4nc(cc7ccc([nH]7)c(-c7cc(C(C)(C)C)cc(C(C)(C)C)c7)c7nc(c-6c6ccc2[nH]6)C=C7)C=C4)C=C5)C=C3)cc(C(C)(C)C)c1. The highest BCUT2D eigenvalue weighted by molar-refractivity contribution is 6.08. The maximum atomic E-state index is 6.87. The van der Waals surface area contributed by atoms with E-state index in [1.165, 1.54) is 22.3 Å². The maximum absolute atomic E-state index is 6.87.